The van der Waals surface area contributed by atoms with Gasteiger partial charge in [0.25, 0.3) is 11.8 Å². The van der Waals surface area contributed by atoms with Gasteiger partial charge in [0.15, 0.2) is 6.04 Å². The van der Waals surface area contributed by atoms with Crippen LogP contribution in [-0.4, -0.2) is 34.5 Å². The average Bonchev–Trinajstić information content (AvgIpc) is 2.23. The highest BCUT2D eigenvalue weighted by molar-refractivity contribution is 6.22. The van der Waals surface area contributed by atoms with E-state index in [1.807, 2.05) is 6.92 Å². The van der Waals surface area contributed by atoms with Gasteiger partial charge >= 0.3 is 0 Å². The van der Waals surface area contributed by atoms with E-state index in [4.69, 9.17) is 0 Å². The molecule has 2 aliphatic heterocycles. The number of hydrogen-bond donors (Lipinski definition) is 1. The molecule has 0 bridgehead atoms. The lowest BCUT2D eigenvalue weighted by Gasteiger charge is -2.29. The molecule has 0 spiro atoms. The van der Waals surface area contributed by atoms with E-state index in [9.17, 15) is 14.4 Å². The summed E-state index contributed by atoms with van der Waals surface area (Å²) in [5, 5.41) is 2.28. The first-order valence-corrected chi connectivity index (χ1v) is 5.08. The Morgan fingerprint density at radius 3 is 2.82 bits per heavy atom. The summed E-state index contributed by atoms with van der Waals surface area (Å²) in [7, 11) is 0. The molecule has 2 heterocycles. The number of rotatable bonds is 1. The third kappa shape index (κ3) is 2.01. The van der Waals surface area contributed by atoms with Crippen molar-refractivity contribution in [1.82, 2.24) is 10.2 Å². The highest BCUT2D eigenvalue weighted by atomic mass is 16.2. The van der Waals surface area contributed by atoms with Gasteiger partial charge in [0.2, 0.25) is 5.91 Å². The maximum Gasteiger partial charge on any atom is 0.280 e. The van der Waals surface area contributed by atoms with Crippen molar-refractivity contribution in [3.8, 4) is 0 Å². The van der Waals surface area contributed by atoms with E-state index in [-0.39, 0.29) is 0 Å². The van der Waals surface area contributed by atoms with Gasteiger partial charge in [-0.2, -0.15) is 4.99 Å². The normalized spacial score (nSPS) is 22.9. The van der Waals surface area contributed by atoms with E-state index in [1.165, 1.54) is 18.0 Å². The van der Waals surface area contributed by atoms with Gasteiger partial charge in [-0.25, -0.2) is 0 Å². The molecule has 1 atom stereocenters. The zero-order valence-corrected chi connectivity index (χ0v) is 9.43. The van der Waals surface area contributed by atoms with Crippen molar-refractivity contribution < 1.29 is 14.4 Å². The Labute approximate surface area is 97.7 Å². The van der Waals surface area contributed by atoms with E-state index >= 15 is 0 Å². The smallest absolute Gasteiger partial charge is 0.280 e. The van der Waals surface area contributed by atoms with Gasteiger partial charge in [0, 0.05) is 13.1 Å². The summed E-state index contributed by atoms with van der Waals surface area (Å²) in [5.41, 5.74) is 0.901. The molecule has 2 aliphatic rings. The van der Waals surface area contributed by atoms with E-state index in [0.717, 1.165) is 5.57 Å². The monoisotopic (exact) mass is 233 g/mol. The molecule has 0 saturated carbocycles. The van der Waals surface area contributed by atoms with Crippen molar-refractivity contribution in [3.05, 3.63) is 23.9 Å². The van der Waals surface area contributed by atoms with Gasteiger partial charge in [0.05, 0.1) is 0 Å². The van der Waals surface area contributed by atoms with Crippen molar-refractivity contribution in [3.63, 3.8) is 0 Å². The summed E-state index contributed by atoms with van der Waals surface area (Å²) in [4.78, 5) is 39.5. The molecule has 0 fully saturated rings. The number of aliphatic imine (C=N–C) groups is 1. The Hall–Kier alpha value is -2.24. The van der Waals surface area contributed by atoms with Crippen LogP contribution < -0.4 is 5.32 Å². The number of nitrogens with one attached hydrogen (secondary N) is 1. The second kappa shape index (κ2) is 3.97. The maximum atomic E-state index is 11.9. The Bertz CT molecular complexity index is 502. The number of allylic oxidation sites excluding steroid dienone is 2. The molecule has 0 aromatic rings. The number of carbonyl (C=O) groups excluding carboxylic acids is 3. The molecule has 88 valence electrons. The number of hydrogen-bond acceptors (Lipinski definition) is 3. The highest BCUT2D eigenvalue weighted by Crippen LogP contribution is 2.15. The quantitative estimate of drug-likeness (QED) is 0.633. The summed E-state index contributed by atoms with van der Waals surface area (Å²) in [6.45, 7) is 3.08. The van der Waals surface area contributed by atoms with Crippen LogP contribution in [0, 0.1) is 0 Å². The van der Waals surface area contributed by atoms with Gasteiger partial charge in [-0.1, -0.05) is 0 Å². The summed E-state index contributed by atoms with van der Waals surface area (Å²) in [6.07, 6.45) is 4.91. The summed E-state index contributed by atoms with van der Waals surface area (Å²) >= 11 is 0. The van der Waals surface area contributed by atoms with E-state index in [2.05, 4.69) is 10.3 Å². The highest BCUT2D eigenvalue weighted by Gasteiger charge is 2.37. The first-order valence-electron chi connectivity index (χ1n) is 5.08. The number of amidine groups is 1. The van der Waals surface area contributed by atoms with Crippen molar-refractivity contribution in [2.24, 2.45) is 4.99 Å². The predicted molar refractivity (Wildman–Crippen MR) is 59.8 cm³/mol. The van der Waals surface area contributed by atoms with Gasteiger partial charge in [-0.05, 0) is 24.6 Å². The second-order valence-corrected chi connectivity index (χ2v) is 3.85. The number of amides is 3. The van der Waals surface area contributed by atoms with Crippen LogP contribution in [0.25, 0.3) is 0 Å². The molecule has 0 saturated heterocycles. The SMILES string of the molecule is CC(=O)NC1C(=O)N=C2C=C(C)C=CN2C1=O. The molecular formula is C11H11N3O3. The zero-order valence-electron chi connectivity index (χ0n) is 9.43. The summed E-state index contributed by atoms with van der Waals surface area (Å²) in [6, 6.07) is -1.22. The topological polar surface area (TPSA) is 78.8 Å². The van der Waals surface area contributed by atoms with Crippen LogP contribution in [0.1, 0.15) is 13.8 Å². The van der Waals surface area contributed by atoms with Crippen molar-refractivity contribution >= 4 is 23.6 Å². The first-order chi connectivity index (χ1) is 7.99. The molecule has 6 nitrogen and oxygen atoms in total. The van der Waals surface area contributed by atoms with E-state index in [1.54, 1.807) is 12.2 Å². The van der Waals surface area contributed by atoms with Crippen molar-refractivity contribution in [2.75, 3.05) is 0 Å². The molecule has 0 aromatic carbocycles. The van der Waals surface area contributed by atoms with Crippen molar-refractivity contribution in [1.29, 1.82) is 0 Å². The van der Waals surface area contributed by atoms with Gasteiger partial charge < -0.3 is 5.32 Å². The number of carbonyl (C=O) groups is 3. The van der Waals surface area contributed by atoms with Gasteiger partial charge in [0.1, 0.15) is 5.84 Å². The van der Waals surface area contributed by atoms with Gasteiger partial charge in [-0.15, -0.1) is 0 Å². The minimum atomic E-state index is -1.22. The molecule has 2 rings (SSSR count). The van der Waals surface area contributed by atoms with Crippen LogP contribution in [0.2, 0.25) is 0 Å². The van der Waals surface area contributed by atoms with Gasteiger partial charge in [-0.3, -0.25) is 19.3 Å². The van der Waals surface area contributed by atoms with Crippen LogP contribution >= 0.6 is 0 Å². The Balaban J connectivity index is 2.35. The molecule has 1 N–H and O–H groups in total. The minimum Gasteiger partial charge on any atom is -0.337 e. The van der Waals surface area contributed by atoms with Crippen molar-refractivity contribution in [2.45, 2.75) is 19.9 Å². The lowest BCUT2D eigenvalue weighted by molar-refractivity contribution is -0.138. The minimum absolute atomic E-state index is 0.293. The fourth-order valence-corrected chi connectivity index (χ4v) is 1.61. The summed E-state index contributed by atoms with van der Waals surface area (Å²) < 4.78 is 0. The largest absolute Gasteiger partial charge is 0.337 e. The van der Waals surface area contributed by atoms with Crippen LogP contribution in [0.5, 0.6) is 0 Å². The van der Waals surface area contributed by atoms with E-state index in [0.29, 0.717) is 5.84 Å². The molecule has 17 heavy (non-hydrogen) atoms. The Kier molecular flexibility index (Phi) is 2.63. The molecule has 0 aliphatic carbocycles. The molecule has 0 radical (unpaired) electrons. The molecular weight excluding hydrogens is 222 g/mol. The fraction of sp³-hybridized carbons (Fsp3) is 0.273. The van der Waals surface area contributed by atoms with E-state index < -0.39 is 23.8 Å². The number of fused-ring (bicyclic) bond motifs is 1. The predicted octanol–water partition coefficient (Wildman–Crippen LogP) is -0.268. The third-order valence-electron chi connectivity index (χ3n) is 2.39. The average molecular weight is 233 g/mol. The van der Waals surface area contributed by atoms with Crippen LogP contribution in [0.15, 0.2) is 28.9 Å². The number of nitrogens with zero attached hydrogens (tertiary/aromatic N) is 2. The lowest BCUT2D eigenvalue weighted by Crippen LogP contribution is -2.55. The molecule has 3 amide bonds. The maximum absolute atomic E-state index is 11.9. The van der Waals surface area contributed by atoms with Crippen LogP contribution in [0.4, 0.5) is 0 Å². The van der Waals surface area contributed by atoms with Crippen LogP contribution in [-0.2, 0) is 14.4 Å². The Morgan fingerprint density at radius 2 is 2.18 bits per heavy atom. The molecule has 1 unspecified atom stereocenters. The Morgan fingerprint density at radius 1 is 1.47 bits per heavy atom. The second-order valence-electron chi connectivity index (χ2n) is 3.85. The first kappa shape index (κ1) is 11.3. The van der Waals surface area contributed by atoms with Crippen LogP contribution in [0.3, 0.4) is 0 Å². The standard InChI is InChI=1S/C11H11N3O3/c1-6-3-4-14-8(5-6)13-10(16)9(11(14)17)12-7(2)15/h3-5,9H,1-2H3,(H,12,15). The lowest BCUT2D eigenvalue weighted by atomic mass is 10.1. The fourth-order valence-electron chi connectivity index (χ4n) is 1.61. The molecule has 0 aromatic heterocycles. The zero-order chi connectivity index (χ0) is 12.6. The third-order valence-corrected chi connectivity index (χ3v) is 2.39. The molecule has 6 heteroatoms. The summed E-state index contributed by atoms with van der Waals surface area (Å²) in [5.74, 6) is -1.28.